The molecular formula is C12H22N2O2S. The van der Waals surface area contributed by atoms with Crippen molar-refractivity contribution in [2.24, 2.45) is 11.7 Å². The molecule has 0 aromatic heterocycles. The average Bonchev–Trinajstić information content (AvgIpc) is 2.53. The van der Waals surface area contributed by atoms with Crippen LogP contribution in [-0.4, -0.2) is 40.1 Å². The number of amides is 1. The summed E-state index contributed by atoms with van der Waals surface area (Å²) >= 11 is 4.94. The van der Waals surface area contributed by atoms with Crippen LogP contribution in [0, 0.1) is 5.92 Å². The van der Waals surface area contributed by atoms with Crippen molar-refractivity contribution in [3.05, 3.63) is 0 Å². The van der Waals surface area contributed by atoms with Crippen LogP contribution in [0.3, 0.4) is 0 Å². The second-order valence-electron chi connectivity index (χ2n) is 4.58. The van der Waals surface area contributed by atoms with E-state index in [1.165, 1.54) is 0 Å². The Bertz CT molecular complexity index is 284. The number of likely N-dealkylation sites (tertiary alicyclic amines) is 1. The van der Waals surface area contributed by atoms with Crippen LogP contribution in [-0.2, 0) is 4.79 Å². The van der Waals surface area contributed by atoms with Gasteiger partial charge >= 0.3 is 0 Å². The molecule has 2 atom stereocenters. The summed E-state index contributed by atoms with van der Waals surface area (Å²) in [6, 6.07) is -0.0617. The highest BCUT2D eigenvalue weighted by molar-refractivity contribution is 7.80. The fourth-order valence-corrected chi connectivity index (χ4v) is 2.62. The zero-order valence-corrected chi connectivity index (χ0v) is 11.2. The number of carbonyl (C=O) groups excluding carboxylic acids is 1. The van der Waals surface area contributed by atoms with E-state index in [0.29, 0.717) is 13.0 Å². The smallest absolute Gasteiger partial charge is 0.232 e. The highest BCUT2D eigenvalue weighted by Crippen LogP contribution is 2.20. The molecule has 0 bridgehead atoms. The molecule has 17 heavy (non-hydrogen) atoms. The summed E-state index contributed by atoms with van der Waals surface area (Å²) in [4.78, 5) is 14.4. The lowest BCUT2D eigenvalue weighted by Crippen LogP contribution is -2.47. The zero-order valence-electron chi connectivity index (χ0n) is 10.4. The third-order valence-corrected chi connectivity index (χ3v) is 3.71. The van der Waals surface area contributed by atoms with Crippen molar-refractivity contribution < 1.29 is 9.90 Å². The van der Waals surface area contributed by atoms with Gasteiger partial charge in [-0.15, -0.1) is 0 Å². The fourth-order valence-electron chi connectivity index (χ4n) is 2.35. The van der Waals surface area contributed by atoms with E-state index in [4.69, 9.17) is 18.0 Å². The molecule has 1 aliphatic heterocycles. The summed E-state index contributed by atoms with van der Waals surface area (Å²) < 4.78 is 0. The van der Waals surface area contributed by atoms with Crippen molar-refractivity contribution in [3.8, 4) is 0 Å². The van der Waals surface area contributed by atoms with Crippen LogP contribution in [0.15, 0.2) is 0 Å². The lowest BCUT2D eigenvalue weighted by atomic mass is 10.0. The molecule has 1 aliphatic rings. The molecule has 0 saturated carbocycles. The summed E-state index contributed by atoms with van der Waals surface area (Å²) in [5, 5.41) is 9.37. The summed E-state index contributed by atoms with van der Waals surface area (Å²) in [6.07, 6.45) is 4.68. The summed E-state index contributed by atoms with van der Waals surface area (Å²) in [7, 11) is 0. The third-order valence-electron chi connectivity index (χ3n) is 3.42. The molecule has 3 N–H and O–H groups in total. The first kappa shape index (κ1) is 14.4. The van der Waals surface area contributed by atoms with E-state index >= 15 is 0 Å². The van der Waals surface area contributed by atoms with Crippen molar-refractivity contribution in [3.63, 3.8) is 0 Å². The van der Waals surface area contributed by atoms with Gasteiger partial charge in [0.05, 0.1) is 23.6 Å². The minimum Gasteiger partial charge on any atom is -0.394 e. The minimum atomic E-state index is -0.378. The van der Waals surface area contributed by atoms with Crippen LogP contribution in [0.2, 0.25) is 0 Å². The van der Waals surface area contributed by atoms with Gasteiger partial charge in [-0.05, 0) is 19.3 Å². The van der Waals surface area contributed by atoms with Gasteiger partial charge < -0.3 is 15.7 Å². The van der Waals surface area contributed by atoms with Gasteiger partial charge in [-0.1, -0.05) is 32.0 Å². The van der Waals surface area contributed by atoms with Crippen LogP contribution in [0.4, 0.5) is 0 Å². The summed E-state index contributed by atoms with van der Waals surface area (Å²) in [6.45, 7) is 2.65. The SMILES string of the molecule is CCC(C(=O)N1CCCCCC1CO)C(N)=S. The number of hydrogen-bond acceptors (Lipinski definition) is 3. The Hall–Kier alpha value is -0.680. The third kappa shape index (κ3) is 3.64. The average molecular weight is 258 g/mol. The maximum atomic E-state index is 12.3. The number of aliphatic hydroxyl groups is 1. The Morgan fingerprint density at radius 2 is 2.24 bits per heavy atom. The summed E-state index contributed by atoms with van der Waals surface area (Å²) in [5.74, 6) is -0.391. The second-order valence-corrected chi connectivity index (χ2v) is 5.05. The van der Waals surface area contributed by atoms with Gasteiger partial charge in [0, 0.05) is 6.54 Å². The quantitative estimate of drug-likeness (QED) is 0.740. The molecule has 5 heteroatoms. The van der Waals surface area contributed by atoms with Gasteiger partial charge in [0.25, 0.3) is 0 Å². The lowest BCUT2D eigenvalue weighted by molar-refractivity contribution is -0.136. The number of hydrogen-bond donors (Lipinski definition) is 2. The Morgan fingerprint density at radius 1 is 1.53 bits per heavy atom. The second kappa shape index (κ2) is 6.91. The number of nitrogens with zero attached hydrogens (tertiary/aromatic N) is 1. The molecule has 0 aliphatic carbocycles. The number of nitrogens with two attached hydrogens (primary N) is 1. The van der Waals surface area contributed by atoms with Crippen LogP contribution < -0.4 is 5.73 Å². The molecule has 0 aromatic carbocycles. The molecule has 1 fully saturated rings. The first-order valence-electron chi connectivity index (χ1n) is 6.32. The molecule has 4 nitrogen and oxygen atoms in total. The molecule has 1 amide bonds. The van der Waals surface area contributed by atoms with Crippen molar-refractivity contribution in [1.29, 1.82) is 0 Å². The van der Waals surface area contributed by atoms with Crippen LogP contribution in [0.1, 0.15) is 39.0 Å². The molecule has 0 spiro atoms. The number of aliphatic hydroxyl groups excluding tert-OH is 1. The Balaban J connectivity index is 2.78. The van der Waals surface area contributed by atoms with Gasteiger partial charge in [-0.2, -0.15) is 0 Å². The largest absolute Gasteiger partial charge is 0.394 e. The highest BCUT2D eigenvalue weighted by Gasteiger charge is 2.30. The first-order chi connectivity index (χ1) is 8.11. The molecule has 0 aromatic rings. The minimum absolute atomic E-state index is 0.0130. The predicted molar refractivity (Wildman–Crippen MR) is 71.6 cm³/mol. The van der Waals surface area contributed by atoms with E-state index in [9.17, 15) is 9.90 Å². The topological polar surface area (TPSA) is 66.6 Å². The standard InChI is InChI=1S/C12H22N2O2S/c1-2-10(11(13)17)12(16)14-7-5-3-4-6-9(14)8-15/h9-10,15H,2-8H2,1H3,(H2,13,17). The van der Waals surface area contributed by atoms with E-state index < -0.39 is 0 Å². The van der Waals surface area contributed by atoms with Gasteiger partial charge in [0.15, 0.2) is 0 Å². The van der Waals surface area contributed by atoms with E-state index in [-0.39, 0.29) is 29.5 Å². The molecule has 98 valence electrons. The first-order valence-corrected chi connectivity index (χ1v) is 6.73. The van der Waals surface area contributed by atoms with Crippen LogP contribution >= 0.6 is 12.2 Å². The Morgan fingerprint density at radius 3 is 2.76 bits per heavy atom. The molecule has 1 heterocycles. The van der Waals surface area contributed by atoms with E-state index in [2.05, 4.69) is 0 Å². The zero-order chi connectivity index (χ0) is 12.8. The van der Waals surface area contributed by atoms with Crippen molar-refractivity contribution >= 4 is 23.1 Å². The van der Waals surface area contributed by atoms with Gasteiger partial charge in [0.1, 0.15) is 0 Å². The molecular weight excluding hydrogens is 236 g/mol. The van der Waals surface area contributed by atoms with Gasteiger partial charge in [0.2, 0.25) is 5.91 Å². The predicted octanol–water partition coefficient (Wildman–Crippen LogP) is 1.06. The number of rotatable bonds is 4. The van der Waals surface area contributed by atoms with E-state index in [0.717, 1.165) is 25.7 Å². The van der Waals surface area contributed by atoms with Crippen LogP contribution in [0.25, 0.3) is 0 Å². The van der Waals surface area contributed by atoms with E-state index in [1.807, 2.05) is 6.92 Å². The van der Waals surface area contributed by atoms with Crippen LogP contribution in [0.5, 0.6) is 0 Å². The molecule has 2 unspecified atom stereocenters. The maximum Gasteiger partial charge on any atom is 0.232 e. The number of carbonyl (C=O) groups is 1. The van der Waals surface area contributed by atoms with Gasteiger partial charge in [-0.25, -0.2) is 0 Å². The van der Waals surface area contributed by atoms with Gasteiger partial charge in [-0.3, -0.25) is 4.79 Å². The maximum absolute atomic E-state index is 12.3. The fraction of sp³-hybridized carbons (Fsp3) is 0.833. The Labute approximate surface area is 108 Å². The van der Waals surface area contributed by atoms with E-state index in [1.54, 1.807) is 4.90 Å². The van der Waals surface area contributed by atoms with Crippen molar-refractivity contribution in [1.82, 2.24) is 4.90 Å². The molecule has 0 radical (unpaired) electrons. The summed E-state index contributed by atoms with van der Waals surface area (Å²) in [5.41, 5.74) is 5.60. The Kier molecular flexibility index (Phi) is 5.85. The normalized spacial score (nSPS) is 22.9. The monoisotopic (exact) mass is 258 g/mol. The number of thiocarbonyl (C=S) groups is 1. The molecule has 1 saturated heterocycles. The van der Waals surface area contributed by atoms with Crippen molar-refractivity contribution in [2.75, 3.05) is 13.2 Å². The lowest BCUT2D eigenvalue weighted by Gasteiger charge is -2.31. The van der Waals surface area contributed by atoms with Crippen molar-refractivity contribution in [2.45, 2.75) is 45.1 Å². The molecule has 1 rings (SSSR count). The highest BCUT2D eigenvalue weighted by atomic mass is 32.1.